The fourth-order valence-electron chi connectivity index (χ4n) is 4.35. The van der Waals surface area contributed by atoms with E-state index in [2.05, 4.69) is 20.3 Å². The van der Waals surface area contributed by atoms with Gasteiger partial charge in [0.05, 0.1) is 17.8 Å². The molecule has 5 heterocycles. The van der Waals surface area contributed by atoms with Gasteiger partial charge in [0.1, 0.15) is 6.26 Å². The number of carbonyl (C=O) groups excluding carboxylic acids is 1. The molecular formula is C21H28N8O2. The van der Waals surface area contributed by atoms with Gasteiger partial charge in [-0.1, -0.05) is 0 Å². The normalized spacial score (nSPS) is 19.4. The van der Waals surface area contributed by atoms with E-state index in [0.29, 0.717) is 23.0 Å². The molecule has 0 radical (unpaired) electrons. The minimum Gasteiger partial charge on any atom is -0.432 e. The van der Waals surface area contributed by atoms with Crippen molar-refractivity contribution in [2.75, 3.05) is 41.3 Å². The van der Waals surface area contributed by atoms with Crippen LogP contribution >= 0.6 is 0 Å². The van der Waals surface area contributed by atoms with Crippen molar-refractivity contribution in [3.63, 3.8) is 0 Å². The second-order valence-corrected chi connectivity index (χ2v) is 8.46. The molecular weight excluding hydrogens is 396 g/mol. The Morgan fingerprint density at radius 3 is 2.84 bits per heavy atom. The molecule has 5 rings (SSSR count). The second kappa shape index (κ2) is 8.18. The van der Waals surface area contributed by atoms with E-state index in [9.17, 15) is 4.79 Å². The van der Waals surface area contributed by atoms with Crippen LogP contribution in [0.2, 0.25) is 0 Å². The van der Waals surface area contributed by atoms with E-state index in [1.165, 1.54) is 6.42 Å². The quantitative estimate of drug-likeness (QED) is 0.635. The summed E-state index contributed by atoms with van der Waals surface area (Å²) >= 11 is 0. The Balaban J connectivity index is 1.34. The minimum absolute atomic E-state index is 0.133. The number of amides is 1. The van der Waals surface area contributed by atoms with E-state index in [4.69, 9.17) is 15.1 Å². The zero-order valence-corrected chi connectivity index (χ0v) is 17.8. The van der Waals surface area contributed by atoms with Crippen molar-refractivity contribution in [1.82, 2.24) is 19.7 Å². The maximum atomic E-state index is 12.8. The third-order valence-electron chi connectivity index (χ3n) is 5.90. The van der Waals surface area contributed by atoms with Crippen LogP contribution in [0.25, 0.3) is 11.0 Å². The maximum absolute atomic E-state index is 12.8. The van der Waals surface area contributed by atoms with Crippen molar-refractivity contribution in [3.05, 3.63) is 24.2 Å². The number of nitrogens with two attached hydrogens (primary N) is 1. The number of pyridine rings is 1. The fraction of sp³-hybridized carbons (Fsp3) is 0.524. The van der Waals surface area contributed by atoms with Crippen LogP contribution in [0, 0.1) is 0 Å². The molecule has 0 bridgehead atoms. The zero-order chi connectivity index (χ0) is 21.4. The first kappa shape index (κ1) is 19.8. The average Bonchev–Trinajstić information content (AvgIpc) is 3.47. The molecule has 10 nitrogen and oxygen atoms in total. The molecule has 3 N–H and O–H groups in total. The minimum atomic E-state index is -0.152. The number of aromatic nitrogens is 4. The van der Waals surface area contributed by atoms with Gasteiger partial charge in [-0.25, -0.2) is 4.98 Å². The van der Waals surface area contributed by atoms with Crippen molar-refractivity contribution < 1.29 is 9.21 Å². The highest BCUT2D eigenvalue weighted by Gasteiger charge is 2.24. The van der Waals surface area contributed by atoms with Gasteiger partial charge in [-0.2, -0.15) is 10.1 Å². The monoisotopic (exact) mass is 424 g/mol. The van der Waals surface area contributed by atoms with E-state index in [1.54, 1.807) is 10.9 Å². The Kier molecular flexibility index (Phi) is 5.23. The van der Waals surface area contributed by atoms with Gasteiger partial charge in [-0.15, -0.1) is 0 Å². The Morgan fingerprint density at radius 1 is 1.23 bits per heavy atom. The Hall–Kier alpha value is -3.14. The average molecular weight is 425 g/mol. The number of hydrogen-bond acceptors (Lipinski definition) is 8. The molecule has 31 heavy (non-hydrogen) atoms. The Labute approximate surface area is 180 Å². The number of nitrogens with zero attached hydrogens (tertiary/aromatic N) is 6. The van der Waals surface area contributed by atoms with Crippen LogP contribution in [0.1, 0.15) is 31.4 Å². The molecule has 0 spiro atoms. The molecule has 10 heteroatoms. The highest BCUT2D eigenvalue weighted by atomic mass is 16.4. The van der Waals surface area contributed by atoms with Gasteiger partial charge in [-0.05, 0) is 31.7 Å². The standard InChI is InChI=1S/C21H28N8O2/c1-27-11-14-9-17(20(25-19(14)26-27)28-6-3-2-4-7-28)24-18(30)10-16-13-31-21(23-16)29-8-5-15(22)12-29/h9,11,13,15H,2-8,10,12,22H2,1H3,(H,24,30)/t15-/m0/s1. The molecule has 3 aromatic rings. The number of hydrogen-bond donors (Lipinski definition) is 2. The van der Waals surface area contributed by atoms with Gasteiger partial charge >= 0.3 is 0 Å². The van der Waals surface area contributed by atoms with Crippen LogP contribution in [0.5, 0.6) is 0 Å². The predicted molar refractivity (Wildman–Crippen MR) is 118 cm³/mol. The number of anilines is 3. The number of carbonyl (C=O) groups is 1. The van der Waals surface area contributed by atoms with Gasteiger partial charge < -0.3 is 25.3 Å². The van der Waals surface area contributed by atoms with Crippen molar-refractivity contribution in [2.24, 2.45) is 12.8 Å². The summed E-state index contributed by atoms with van der Waals surface area (Å²) in [7, 11) is 1.87. The molecule has 2 aliphatic rings. The van der Waals surface area contributed by atoms with E-state index >= 15 is 0 Å². The van der Waals surface area contributed by atoms with Crippen molar-refractivity contribution in [1.29, 1.82) is 0 Å². The lowest BCUT2D eigenvalue weighted by Crippen LogP contribution is -2.31. The predicted octanol–water partition coefficient (Wildman–Crippen LogP) is 1.67. The van der Waals surface area contributed by atoms with Crippen LogP contribution in [0.15, 0.2) is 22.9 Å². The lowest BCUT2D eigenvalue weighted by molar-refractivity contribution is -0.115. The lowest BCUT2D eigenvalue weighted by atomic mass is 10.1. The molecule has 1 amide bonds. The second-order valence-electron chi connectivity index (χ2n) is 8.46. The smallest absolute Gasteiger partial charge is 0.297 e. The number of fused-ring (bicyclic) bond motifs is 1. The fourth-order valence-corrected chi connectivity index (χ4v) is 4.35. The summed E-state index contributed by atoms with van der Waals surface area (Å²) in [5.74, 6) is 0.632. The Morgan fingerprint density at radius 2 is 2.06 bits per heavy atom. The summed E-state index contributed by atoms with van der Waals surface area (Å²) in [5, 5.41) is 8.38. The molecule has 2 saturated heterocycles. The highest BCUT2D eigenvalue weighted by molar-refractivity contribution is 5.97. The molecule has 164 valence electrons. The van der Waals surface area contributed by atoms with Crippen molar-refractivity contribution in [3.8, 4) is 0 Å². The van der Waals surface area contributed by atoms with E-state index < -0.39 is 0 Å². The van der Waals surface area contributed by atoms with Gasteiger partial charge in [0, 0.05) is 50.9 Å². The van der Waals surface area contributed by atoms with Crippen LogP contribution < -0.4 is 20.9 Å². The first-order chi connectivity index (χ1) is 15.0. The molecule has 0 aromatic carbocycles. The largest absolute Gasteiger partial charge is 0.432 e. The zero-order valence-electron chi connectivity index (χ0n) is 17.8. The summed E-state index contributed by atoms with van der Waals surface area (Å²) in [6.45, 7) is 3.41. The van der Waals surface area contributed by atoms with Crippen LogP contribution in [-0.4, -0.2) is 57.9 Å². The topological polar surface area (TPSA) is 118 Å². The van der Waals surface area contributed by atoms with Gasteiger partial charge in [0.25, 0.3) is 6.01 Å². The molecule has 0 unspecified atom stereocenters. The molecule has 2 aliphatic heterocycles. The van der Waals surface area contributed by atoms with Crippen LogP contribution in [0.4, 0.5) is 17.5 Å². The summed E-state index contributed by atoms with van der Waals surface area (Å²) in [6, 6.07) is 2.63. The van der Waals surface area contributed by atoms with Gasteiger partial charge in [-0.3, -0.25) is 9.48 Å². The number of oxazole rings is 1. The molecule has 0 saturated carbocycles. The van der Waals surface area contributed by atoms with E-state index in [0.717, 1.165) is 56.6 Å². The van der Waals surface area contributed by atoms with Gasteiger partial charge in [0.15, 0.2) is 11.5 Å². The SMILES string of the molecule is Cn1cc2cc(NC(=O)Cc3coc(N4CC[C@H](N)C4)n3)c(N3CCCCC3)nc2n1. The number of nitrogens with one attached hydrogen (secondary N) is 1. The maximum Gasteiger partial charge on any atom is 0.297 e. The Bertz CT molecular complexity index is 1080. The van der Waals surface area contributed by atoms with E-state index in [-0.39, 0.29) is 18.4 Å². The number of aryl methyl sites for hydroxylation is 1. The third-order valence-corrected chi connectivity index (χ3v) is 5.90. The van der Waals surface area contributed by atoms with Crippen molar-refractivity contribution in [2.45, 2.75) is 38.1 Å². The molecule has 0 aliphatic carbocycles. The summed E-state index contributed by atoms with van der Waals surface area (Å²) in [4.78, 5) is 26.3. The lowest BCUT2D eigenvalue weighted by Gasteiger charge is -2.29. The summed E-state index contributed by atoms with van der Waals surface area (Å²) < 4.78 is 7.32. The first-order valence-electron chi connectivity index (χ1n) is 10.9. The third kappa shape index (κ3) is 4.20. The summed E-state index contributed by atoms with van der Waals surface area (Å²) in [5.41, 5.74) is 7.96. The number of piperidine rings is 1. The summed E-state index contributed by atoms with van der Waals surface area (Å²) in [6.07, 6.45) is 7.97. The highest BCUT2D eigenvalue weighted by Crippen LogP contribution is 2.30. The molecule has 1 atom stereocenters. The number of rotatable bonds is 5. The molecule has 2 fully saturated rings. The van der Waals surface area contributed by atoms with Gasteiger partial charge in [0.2, 0.25) is 5.91 Å². The van der Waals surface area contributed by atoms with Crippen molar-refractivity contribution >= 4 is 34.5 Å². The van der Waals surface area contributed by atoms with E-state index in [1.807, 2.05) is 24.2 Å². The van der Waals surface area contributed by atoms with Crippen LogP contribution in [0.3, 0.4) is 0 Å². The first-order valence-corrected chi connectivity index (χ1v) is 10.9. The molecule has 3 aromatic heterocycles. The van der Waals surface area contributed by atoms with Crippen LogP contribution in [-0.2, 0) is 18.3 Å².